The molecule has 0 aliphatic heterocycles. The summed E-state index contributed by atoms with van der Waals surface area (Å²) in [5, 5.41) is 19.7. The van der Waals surface area contributed by atoms with E-state index in [1.165, 1.54) is 0 Å². The summed E-state index contributed by atoms with van der Waals surface area (Å²) < 4.78 is 5.40. The van der Waals surface area contributed by atoms with Gasteiger partial charge in [0.1, 0.15) is 0 Å². The van der Waals surface area contributed by atoms with Gasteiger partial charge in [0.2, 0.25) is 17.7 Å². The number of carboxylic acids is 1. The maximum atomic E-state index is 12.5. The number of carbonyl (C=O) groups is 2. The van der Waals surface area contributed by atoms with Gasteiger partial charge in [0, 0.05) is 6.92 Å². The van der Waals surface area contributed by atoms with Crippen LogP contribution in [0.5, 0.6) is 0 Å². The molecule has 1 aliphatic rings. The Morgan fingerprint density at radius 1 is 1.22 bits per heavy atom. The summed E-state index contributed by atoms with van der Waals surface area (Å²) in [4.78, 5) is 23.7. The molecule has 1 aromatic heterocycles. The number of hydrogen-bond acceptors (Lipinski definition) is 5. The van der Waals surface area contributed by atoms with Crippen molar-refractivity contribution in [3.05, 3.63) is 30.2 Å². The Kier molecular flexibility index (Phi) is 3.43. The van der Waals surface area contributed by atoms with E-state index < -0.39 is 23.2 Å². The van der Waals surface area contributed by atoms with Crippen LogP contribution in [-0.4, -0.2) is 27.2 Å². The number of aliphatic carboxylic acids is 1. The van der Waals surface area contributed by atoms with Crippen molar-refractivity contribution in [3.8, 4) is 11.5 Å². The molecule has 1 aromatic carbocycles. The average molecular weight is 315 g/mol. The average Bonchev–Trinajstić information content (AvgIpc) is 2.83. The molecule has 23 heavy (non-hydrogen) atoms. The first kappa shape index (κ1) is 15.2. The van der Waals surface area contributed by atoms with Crippen molar-refractivity contribution in [1.82, 2.24) is 10.2 Å². The van der Waals surface area contributed by atoms with Crippen LogP contribution in [-0.2, 0) is 9.59 Å². The number of anilines is 1. The number of amides is 1. The zero-order valence-corrected chi connectivity index (χ0v) is 13.0. The number of nitrogens with one attached hydrogen (secondary N) is 1. The lowest BCUT2D eigenvalue weighted by molar-refractivity contribution is -0.140. The summed E-state index contributed by atoms with van der Waals surface area (Å²) in [6.45, 7) is 5.24. The van der Waals surface area contributed by atoms with Crippen LogP contribution >= 0.6 is 0 Å². The predicted molar refractivity (Wildman–Crippen MR) is 81.5 cm³/mol. The van der Waals surface area contributed by atoms with Gasteiger partial charge in [-0.2, -0.15) is 0 Å². The quantitative estimate of drug-likeness (QED) is 0.897. The monoisotopic (exact) mass is 315 g/mol. The minimum Gasteiger partial charge on any atom is -0.481 e. The zero-order chi connectivity index (χ0) is 16.8. The first-order valence-electron chi connectivity index (χ1n) is 7.25. The third kappa shape index (κ3) is 2.58. The van der Waals surface area contributed by atoms with Gasteiger partial charge in [-0.05, 0) is 17.5 Å². The van der Waals surface area contributed by atoms with E-state index in [1.54, 1.807) is 45.0 Å². The molecule has 0 bridgehead atoms. The van der Waals surface area contributed by atoms with Crippen molar-refractivity contribution < 1.29 is 19.1 Å². The highest BCUT2D eigenvalue weighted by Crippen LogP contribution is 2.58. The minimum atomic E-state index is -0.948. The first-order chi connectivity index (χ1) is 10.8. The largest absolute Gasteiger partial charge is 0.481 e. The van der Waals surface area contributed by atoms with E-state index in [0.717, 1.165) is 0 Å². The maximum Gasteiger partial charge on any atom is 0.307 e. The number of carbonyl (C=O) groups excluding carboxylic acids is 1. The van der Waals surface area contributed by atoms with Crippen LogP contribution in [0.15, 0.2) is 28.7 Å². The SMILES string of the molecule is Cc1nnc(-c2ccccc2NC(=O)C2C(C(=O)O)C2(C)C)o1. The number of rotatable bonds is 4. The summed E-state index contributed by atoms with van der Waals surface area (Å²) in [6, 6.07) is 7.05. The van der Waals surface area contributed by atoms with Crippen molar-refractivity contribution in [2.24, 2.45) is 17.3 Å². The van der Waals surface area contributed by atoms with Gasteiger partial charge in [-0.3, -0.25) is 9.59 Å². The van der Waals surface area contributed by atoms with Gasteiger partial charge in [-0.1, -0.05) is 26.0 Å². The molecule has 0 radical (unpaired) electrons. The Morgan fingerprint density at radius 2 is 1.91 bits per heavy atom. The second-order valence-electron chi connectivity index (χ2n) is 6.28. The van der Waals surface area contributed by atoms with E-state index in [2.05, 4.69) is 15.5 Å². The van der Waals surface area contributed by atoms with Crippen LogP contribution in [0.3, 0.4) is 0 Å². The Balaban J connectivity index is 1.85. The second-order valence-corrected chi connectivity index (χ2v) is 6.28. The Morgan fingerprint density at radius 3 is 2.48 bits per heavy atom. The lowest BCUT2D eigenvalue weighted by Crippen LogP contribution is -2.18. The number of aromatic nitrogens is 2. The molecular formula is C16H17N3O4. The number of nitrogens with zero attached hydrogens (tertiary/aromatic N) is 2. The van der Waals surface area contributed by atoms with E-state index >= 15 is 0 Å². The molecule has 120 valence electrons. The number of para-hydroxylation sites is 1. The molecule has 1 saturated carbocycles. The molecule has 1 fully saturated rings. The molecule has 2 unspecified atom stereocenters. The molecule has 7 heteroatoms. The molecule has 1 amide bonds. The smallest absolute Gasteiger partial charge is 0.307 e. The summed E-state index contributed by atoms with van der Waals surface area (Å²) in [5.41, 5.74) is 0.575. The van der Waals surface area contributed by atoms with Crippen LogP contribution in [0.1, 0.15) is 19.7 Å². The van der Waals surface area contributed by atoms with Gasteiger partial charge in [0.15, 0.2) is 0 Å². The standard InChI is InChI=1S/C16H17N3O4/c1-8-18-19-14(23-8)9-6-4-5-7-10(9)17-13(20)11-12(15(21)22)16(11,2)3/h4-7,11-12H,1-3H3,(H,17,20)(H,21,22). The Labute approximate surface area is 132 Å². The number of aryl methyl sites for hydroxylation is 1. The van der Waals surface area contributed by atoms with E-state index in [-0.39, 0.29) is 5.91 Å². The summed E-state index contributed by atoms with van der Waals surface area (Å²) in [5.74, 6) is -1.75. The van der Waals surface area contributed by atoms with Crippen molar-refractivity contribution >= 4 is 17.6 Å². The first-order valence-corrected chi connectivity index (χ1v) is 7.25. The van der Waals surface area contributed by atoms with Gasteiger partial charge in [-0.25, -0.2) is 0 Å². The highest BCUT2D eigenvalue weighted by Gasteiger charge is 2.65. The fraction of sp³-hybridized carbons (Fsp3) is 0.375. The van der Waals surface area contributed by atoms with E-state index in [9.17, 15) is 14.7 Å². The summed E-state index contributed by atoms with van der Waals surface area (Å²) >= 11 is 0. The van der Waals surface area contributed by atoms with Crippen molar-refractivity contribution in [1.29, 1.82) is 0 Å². The topological polar surface area (TPSA) is 105 Å². The molecule has 2 N–H and O–H groups in total. The molecule has 3 rings (SSSR count). The highest BCUT2D eigenvalue weighted by molar-refractivity contribution is 6.01. The van der Waals surface area contributed by atoms with E-state index in [1.807, 2.05) is 0 Å². The van der Waals surface area contributed by atoms with E-state index in [0.29, 0.717) is 23.0 Å². The number of hydrogen-bond donors (Lipinski definition) is 2. The lowest BCUT2D eigenvalue weighted by atomic mass is 10.1. The van der Waals surface area contributed by atoms with Crippen LogP contribution in [0, 0.1) is 24.2 Å². The fourth-order valence-electron chi connectivity index (χ4n) is 2.98. The minimum absolute atomic E-state index is 0.309. The Hall–Kier alpha value is -2.70. The fourth-order valence-corrected chi connectivity index (χ4v) is 2.98. The van der Waals surface area contributed by atoms with Gasteiger partial charge < -0.3 is 14.8 Å². The molecule has 2 atom stereocenters. The predicted octanol–water partition coefficient (Wildman–Crippen LogP) is 2.34. The third-order valence-corrected chi connectivity index (χ3v) is 4.32. The summed E-state index contributed by atoms with van der Waals surface area (Å²) in [6.07, 6.45) is 0. The molecule has 2 aromatic rings. The number of carboxylic acid groups (broad SMARTS) is 1. The van der Waals surface area contributed by atoms with Crippen molar-refractivity contribution in [2.45, 2.75) is 20.8 Å². The highest BCUT2D eigenvalue weighted by atomic mass is 16.4. The zero-order valence-electron chi connectivity index (χ0n) is 13.0. The van der Waals surface area contributed by atoms with Crippen LogP contribution in [0.25, 0.3) is 11.5 Å². The molecular weight excluding hydrogens is 298 g/mol. The second kappa shape index (κ2) is 5.19. The van der Waals surface area contributed by atoms with Crippen molar-refractivity contribution in [3.63, 3.8) is 0 Å². The molecule has 7 nitrogen and oxygen atoms in total. The summed E-state index contributed by atoms with van der Waals surface area (Å²) in [7, 11) is 0. The third-order valence-electron chi connectivity index (χ3n) is 4.32. The van der Waals surface area contributed by atoms with E-state index in [4.69, 9.17) is 4.42 Å². The normalized spacial score (nSPS) is 21.7. The lowest BCUT2D eigenvalue weighted by Gasteiger charge is -2.09. The molecule has 1 heterocycles. The van der Waals surface area contributed by atoms with Gasteiger partial charge in [0.05, 0.1) is 23.1 Å². The van der Waals surface area contributed by atoms with Gasteiger partial charge in [0.25, 0.3) is 0 Å². The van der Waals surface area contributed by atoms with Crippen molar-refractivity contribution in [2.75, 3.05) is 5.32 Å². The molecule has 0 spiro atoms. The Bertz CT molecular complexity index is 781. The molecule has 1 aliphatic carbocycles. The van der Waals surface area contributed by atoms with Crippen LogP contribution in [0.2, 0.25) is 0 Å². The van der Waals surface area contributed by atoms with Gasteiger partial charge >= 0.3 is 5.97 Å². The van der Waals surface area contributed by atoms with Crippen LogP contribution < -0.4 is 5.32 Å². The maximum absolute atomic E-state index is 12.5. The molecule has 0 saturated heterocycles. The number of benzene rings is 1. The van der Waals surface area contributed by atoms with Gasteiger partial charge in [-0.15, -0.1) is 10.2 Å². The van der Waals surface area contributed by atoms with Crippen LogP contribution in [0.4, 0.5) is 5.69 Å².